The van der Waals surface area contributed by atoms with Crippen molar-refractivity contribution in [3.8, 4) is 11.5 Å². The van der Waals surface area contributed by atoms with Crippen LogP contribution in [0.2, 0.25) is 0 Å². The fraction of sp³-hybridized carbons (Fsp3) is 0.455. The predicted molar refractivity (Wildman–Crippen MR) is 102 cm³/mol. The summed E-state index contributed by atoms with van der Waals surface area (Å²) in [6.07, 6.45) is 3.52. The first-order valence-electron chi connectivity index (χ1n) is 9.44. The van der Waals surface area contributed by atoms with Gasteiger partial charge in [0.15, 0.2) is 11.5 Å². The van der Waals surface area contributed by atoms with Crippen LogP contribution in [-0.4, -0.2) is 38.4 Å². The van der Waals surface area contributed by atoms with Crippen molar-refractivity contribution in [3.05, 3.63) is 59.2 Å². The van der Waals surface area contributed by atoms with Crippen molar-refractivity contribution in [2.75, 3.05) is 27.4 Å². The quantitative estimate of drug-likeness (QED) is 0.813. The maximum Gasteiger partial charge on any atom is 0.161 e. The number of hydrogen-bond acceptors (Lipinski definition) is 4. The molecule has 2 heterocycles. The summed E-state index contributed by atoms with van der Waals surface area (Å²) >= 11 is 0. The monoisotopic (exact) mass is 353 g/mol. The molecule has 2 atom stereocenters. The van der Waals surface area contributed by atoms with E-state index in [0.29, 0.717) is 0 Å². The Kier molecular flexibility index (Phi) is 5.14. The average molecular weight is 353 g/mol. The molecular weight excluding hydrogens is 326 g/mol. The molecule has 4 nitrogen and oxygen atoms in total. The Morgan fingerprint density at radius 1 is 1.08 bits per heavy atom. The molecule has 0 bridgehead atoms. The number of nitrogens with zero attached hydrogens (tertiary/aromatic N) is 1. The summed E-state index contributed by atoms with van der Waals surface area (Å²) in [5.74, 6) is 1.62. The largest absolute Gasteiger partial charge is 0.493 e. The van der Waals surface area contributed by atoms with Crippen molar-refractivity contribution < 1.29 is 14.2 Å². The first kappa shape index (κ1) is 17.4. The number of ether oxygens (including phenoxy) is 3. The van der Waals surface area contributed by atoms with Crippen LogP contribution < -0.4 is 9.47 Å². The lowest BCUT2D eigenvalue weighted by atomic mass is 9.87. The molecule has 138 valence electrons. The highest BCUT2D eigenvalue weighted by molar-refractivity contribution is 5.50. The van der Waals surface area contributed by atoms with Crippen LogP contribution in [0.25, 0.3) is 0 Å². The van der Waals surface area contributed by atoms with E-state index in [4.69, 9.17) is 14.2 Å². The third-order valence-corrected chi connectivity index (χ3v) is 5.57. The van der Waals surface area contributed by atoms with Gasteiger partial charge in [-0.05, 0) is 48.1 Å². The number of hydrogen-bond donors (Lipinski definition) is 0. The summed E-state index contributed by atoms with van der Waals surface area (Å²) in [4.78, 5) is 2.57. The second-order valence-electron chi connectivity index (χ2n) is 7.11. The molecule has 2 aliphatic heterocycles. The number of rotatable bonds is 5. The molecule has 0 aliphatic carbocycles. The fourth-order valence-corrected chi connectivity index (χ4v) is 4.31. The molecule has 0 saturated carbocycles. The van der Waals surface area contributed by atoms with Gasteiger partial charge in [0, 0.05) is 19.7 Å². The molecule has 1 saturated heterocycles. The third-order valence-electron chi connectivity index (χ3n) is 5.57. The van der Waals surface area contributed by atoms with E-state index in [1.165, 1.54) is 16.7 Å². The zero-order chi connectivity index (χ0) is 17.9. The smallest absolute Gasteiger partial charge is 0.161 e. The molecule has 2 aromatic carbocycles. The SMILES string of the molecule is COc1cc2c(cc1OC)C(C1CCCO1)N(Cc1ccccc1)CC2. The molecule has 2 unspecified atom stereocenters. The molecule has 2 aromatic rings. The minimum Gasteiger partial charge on any atom is -0.493 e. The second-order valence-corrected chi connectivity index (χ2v) is 7.11. The van der Waals surface area contributed by atoms with Gasteiger partial charge in [-0.1, -0.05) is 30.3 Å². The number of fused-ring (bicyclic) bond motifs is 1. The van der Waals surface area contributed by atoms with Crippen LogP contribution in [0.3, 0.4) is 0 Å². The van der Waals surface area contributed by atoms with Crippen molar-refractivity contribution in [2.24, 2.45) is 0 Å². The van der Waals surface area contributed by atoms with Crippen molar-refractivity contribution >= 4 is 0 Å². The Labute approximate surface area is 155 Å². The molecule has 2 aliphatic rings. The zero-order valence-corrected chi connectivity index (χ0v) is 15.6. The Bertz CT molecular complexity index is 741. The van der Waals surface area contributed by atoms with Gasteiger partial charge < -0.3 is 14.2 Å². The van der Waals surface area contributed by atoms with E-state index < -0.39 is 0 Å². The van der Waals surface area contributed by atoms with Crippen LogP contribution in [0, 0.1) is 0 Å². The summed E-state index contributed by atoms with van der Waals surface area (Å²) in [5.41, 5.74) is 4.03. The minimum atomic E-state index is 0.246. The van der Waals surface area contributed by atoms with E-state index in [0.717, 1.165) is 50.5 Å². The lowest BCUT2D eigenvalue weighted by Gasteiger charge is -2.40. The molecule has 0 N–H and O–H groups in total. The standard InChI is InChI=1S/C22H27NO3/c1-24-20-13-17-10-11-23(15-16-7-4-3-5-8-16)22(19-9-6-12-26-19)18(17)14-21(20)25-2/h3-5,7-8,13-14,19,22H,6,9-12,15H2,1-2H3. The topological polar surface area (TPSA) is 30.9 Å². The van der Waals surface area contributed by atoms with Crippen molar-refractivity contribution in [2.45, 2.75) is 38.0 Å². The summed E-state index contributed by atoms with van der Waals surface area (Å²) in [6, 6.07) is 15.3. The van der Waals surface area contributed by atoms with Gasteiger partial charge in [-0.15, -0.1) is 0 Å². The molecule has 4 heteroatoms. The van der Waals surface area contributed by atoms with Crippen molar-refractivity contribution in [1.29, 1.82) is 0 Å². The fourth-order valence-electron chi connectivity index (χ4n) is 4.31. The summed E-state index contributed by atoms with van der Waals surface area (Å²) in [5, 5.41) is 0. The van der Waals surface area contributed by atoms with Gasteiger partial charge in [0.05, 0.1) is 26.4 Å². The highest BCUT2D eigenvalue weighted by Crippen LogP contribution is 2.42. The van der Waals surface area contributed by atoms with Crippen LogP contribution in [-0.2, 0) is 17.7 Å². The maximum atomic E-state index is 6.13. The van der Waals surface area contributed by atoms with Gasteiger partial charge in [0.1, 0.15) is 0 Å². The maximum absolute atomic E-state index is 6.13. The molecule has 4 rings (SSSR count). The molecular formula is C22H27NO3. The summed E-state index contributed by atoms with van der Waals surface area (Å²) < 4.78 is 17.2. The predicted octanol–water partition coefficient (Wildman–Crippen LogP) is 3.98. The second kappa shape index (κ2) is 7.68. The normalized spacial score (nSPS) is 22.8. The first-order valence-corrected chi connectivity index (χ1v) is 9.44. The van der Waals surface area contributed by atoms with Gasteiger partial charge in [-0.3, -0.25) is 4.90 Å². The Balaban J connectivity index is 1.71. The first-order chi connectivity index (χ1) is 12.8. The van der Waals surface area contributed by atoms with Gasteiger partial charge in [0.25, 0.3) is 0 Å². The van der Waals surface area contributed by atoms with Gasteiger partial charge in [-0.25, -0.2) is 0 Å². The molecule has 1 fully saturated rings. The van der Waals surface area contributed by atoms with E-state index >= 15 is 0 Å². The molecule has 26 heavy (non-hydrogen) atoms. The molecule has 0 spiro atoms. The average Bonchev–Trinajstić information content (AvgIpc) is 3.21. The molecule has 0 amide bonds. The Morgan fingerprint density at radius 3 is 2.54 bits per heavy atom. The van der Waals surface area contributed by atoms with Gasteiger partial charge >= 0.3 is 0 Å². The lowest BCUT2D eigenvalue weighted by molar-refractivity contribution is 0.0138. The Morgan fingerprint density at radius 2 is 1.85 bits per heavy atom. The van der Waals surface area contributed by atoms with Crippen LogP contribution in [0.1, 0.15) is 35.6 Å². The zero-order valence-electron chi connectivity index (χ0n) is 15.6. The van der Waals surface area contributed by atoms with Crippen LogP contribution in [0.5, 0.6) is 11.5 Å². The molecule has 0 aromatic heterocycles. The number of methoxy groups -OCH3 is 2. The summed E-state index contributed by atoms with van der Waals surface area (Å²) in [7, 11) is 3.40. The van der Waals surface area contributed by atoms with Crippen LogP contribution >= 0.6 is 0 Å². The minimum absolute atomic E-state index is 0.246. The van der Waals surface area contributed by atoms with Gasteiger partial charge in [0.2, 0.25) is 0 Å². The highest BCUT2D eigenvalue weighted by Gasteiger charge is 2.36. The van der Waals surface area contributed by atoms with E-state index in [1.807, 2.05) is 0 Å². The van der Waals surface area contributed by atoms with Crippen molar-refractivity contribution in [3.63, 3.8) is 0 Å². The number of benzene rings is 2. The third kappa shape index (κ3) is 3.31. The lowest BCUT2D eigenvalue weighted by Crippen LogP contribution is -2.41. The van der Waals surface area contributed by atoms with Crippen molar-refractivity contribution in [1.82, 2.24) is 4.90 Å². The van der Waals surface area contributed by atoms with E-state index in [-0.39, 0.29) is 12.1 Å². The van der Waals surface area contributed by atoms with E-state index in [2.05, 4.69) is 47.4 Å². The Hall–Kier alpha value is -2.04. The van der Waals surface area contributed by atoms with Crippen LogP contribution in [0.4, 0.5) is 0 Å². The van der Waals surface area contributed by atoms with E-state index in [1.54, 1.807) is 14.2 Å². The summed E-state index contributed by atoms with van der Waals surface area (Å²) in [6.45, 7) is 2.84. The highest BCUT2D eigenvalue weighted by atomic mass is 16.5. The van der Waals surface area contributed by atoms with Crippen LogP contribution in [0.15, 0.2) is 42.5 Å². The van der Waals surface area contributed by atoms with E-state index in [9.17, 15) is 0 Å². The van der Waals surface area contributed by atoms with Gasteiger partial charge in [-0.2, -0.15) is 0 Å². The molecule has 0 radical (unpaired) electrons.